The number of nitrogens with one attached hydrogen (secondary N) is 4. The van der Waals surface area contributed by atoms with Gasteiger partial charge in [0.2, 0.25) is 5.88 Å². The molecule has 13 heteroatoms. The van der Waals surface area contributed by atoms with Crippen molar-refractivity contribution in [3.63, 3.8) is 0 Å². The van der Waals surface area contributed by atoms with E-state index in [0.29, 0.717) is 54.8 Å². The number of morpholine rings is 1. The van der Waals surface area contributed by atoms with Gasteiger partial charge in [-0.1, -0.05) is 0 Å². The summed E-state index contributed by atoms with van der Waals surface area (Å²) in [6.07, 6.45) is 5.05. The van der Waals surface area contributed by atoms with Crippen LogP contribution in [0.5, 0.6) is 5.88 Å². The summed E-state index contributed by atoms with van der Waals surface area (Å²) >= 11 is 0. The van der Waals surface area contributed by atoms with E-state index in [-0.39, 0.29) is 18.5 Å². The Kier molecular flexibility index (Phi) is 6.39. The van der Waals surface area contributed by atoms with Crippen LogP contribution in [0.1, 0.15) is 5.69 Å². The summed E-state index contributed by atoms with van der Waals surface area (Å²) in [6, 6.07) is 12.2. The lowest BCUT2D eigenvalue weighted by atomic mass is 10.2. The van der Waals surface area contributed by atoms with Gasteiger partial charge in [0.05, 0.1) is 30.8 Å². The van der Waals surface area contributed by atoms with E-state index >= 15 is 0 Å². The van der Waals surface area contributed by atoms with Crippen LogP contribution in [0.15, 0.2) is 65.8 Å². The maximum atomic E-state index is 12.4. The monoisotopic (exact) mass is 527 g/mol. The fraction of sp³-hybridized carbons (Fsp3) is 0.192. The van der Waals surface area contributed by atoms with Gasteiger partial charge in [0.15, 0.2) is 5.82 Å². The van der Waals surface area contributed by atoms with E-state index in [4.69, 9.17) is 14.7 Å². The molecule has 1 aliphatic rings. The number of hydrogen-bond donors (Lipinski definition) is 5. The molecular weight excluding hydrogens is 502 g/mol. The minimum atomic E-state index is -0.480. The number of aromatic hydroxyl groups is 1. The Morgan fingerprint density at radius 1 is 0.974 bits per heavy atom. The summed E-state index contributed by atoms with van der Waals surface area (Å²) in [5.41, 5.74) is 2.53. The number of ether oxygens (including phenoxy) is 1. The van der Waals surface area contributed by atoms with Gasteiger partial charge in [-0.05, 0) is 42.5 Å². The molecule has 4 aromatic heterocycles. The zero-order chi connectivity index (χ0) is 26.8. The van der Waals surface area contributed by atoms with Crippen molar-refractivity contribution in [2.45, 2.75) is 6.54 Å². The van der Waals surface area contributed by atoms with Gasteiger partial charge in [-0.3, -0.25) is 9.97 Å². The number of nitrogens with zero attached hydrogens (tertiary/aromatic N) is 5. The van der Waals surface area contributed by atoms with Crippen molar-refractivity contribution in [1.29, 1.82) is 0 Å². The Morgan fingerprint density at radius 2 is 1.69 bits per heavy atom. The lowest BCUT2D eigenvalue weighted by molar-refractivity contribution is 0.122. The molecule has 1 fully saturated rings. The van der Waals surface area contributed by atoms with E-state index in [2.05, 4.69) is 30.5 Å². The van der Waals surface area contributed by atoms with E-state index in [1.54, 1.807) is 36.7 Å². The Morgan fingerprint density at radius 3 is 2.38 bits per heavy atom. The Balaban J connectivity index is 1.31. The van der Waals surface area contributed by atoms with E-state index in [1.165, 1.54) is 0 Å². The summed E-state index contributed by atoms with van der Waals surface area (Å²) in [5, 5.41) is 16.5. The summed E-state index contributed by atoms with van der Waals surface area (Å²) in [5.74, 6) is 1.08. The van der Waals surface area contributed by atoms with Crippen LogP contribution in [0.25, 0.3) is 22.4 Å². The van der Waals surface area contributed by atoms with Gasteiger partial charge in [0, 0.05) is 48.6 Å². The van der Waals surface area contributed by atoms with Gasteiger partial charge >= 0.3 is 11.7 Å². The third-order valence-corrected chi connectivity index (χ3v) is 6.36. The van der Waals surface area contributed by atoms with Crippen LogP contribution in [0.2, 0.25) is 0 Å². The lowest BCUT2D eigenvalue weighted by Crippen LogP contribution is -2.37. The molecule has 0 unspecified atom stereocenters. The van der Waals surface area contributed by atoms with Crippen LogP contribution < -0.4 is 21.2 Å². The van der Waals surface area contributed by atoms with Crippen molar-refractivity contribution in [2.75, 3.05) is 41.8 Å². The molecule has 0 radical (unpaired) electrons. The number of carbonyl (C=O) groups is 1. The topological polar surface area (TPSA) is 166 Å². The molecule has 198 valence electrons. The van der Waals surface area contributed by atoms with Crippen molar-refractivity contribution in [2.24, 2.45) is 0 Å². The number of hydrogen-bond acceptors (Lipinski definition) is 8. The highest BCUT2D eigenvalue weighted by Gasteiger charge is 2.21. The van der Waals surface area contributed by atoms with Crippen LogP contribution in [0.4, 0.5) is 22.0 Å². The van der Waals surface area contributed by atoms with E-state index in [0.717, 1.165) is 16.8 Å². The van der Waals surface area contributed by atoms with Gasteiger partial charge in [0.1, 0.15) is 11.5 Å². The van der Waals surface area contributed by atoms with Crippen LogP contribution in [-0.4, -0.2) is 66.9 Å². The second-order valence-electron chi connectivity index (χ2n) is 8.95. The molecule has 2 amide bonds. The van der Waals surface area contributed by atoms with Crippen molar-refractivity contribution in [3.8, 4) is 17.3 Å². The summed E-state index contributed by atoms with van der Waals surface area (Å²) < 4.78 is 7.38. The second-order valence-corrected chi connectivity index (χ2v) is 8.95. The van der Waals surface area contributed by atoms with Crippen LogP contribution >= 0.6 is 0 Å². The minimum Gasteiger partial charge on any atom is -0.493 e. The lowest BCUT2D eigenvalue weighted by Gasteiger charge is -2.28. The fourth-order valence-electron chi connectivity index (χ4n) is 4.45. The molecule has 0 bridgehead atoms. The predicted octanol–water partition coefficient (Wildman–Crippen LogP) is 2.74. The molecule has 5 N–H and O–H groups in total. The zero-order valence-corrected chi connectivity index (χ0v) is 20.7. The number of amides is 2. The number of urea groups is 1. The molecule has 1 aromatic carbocycles. The number of benzene rings is 1. The number of anilines is 3. The van der Waals surface area contributed by atoms with Crippen LogP contribution in [-0.2, 0) is 11.3 Å². The number of fused-ring (bicyclic) bond motifs is 1. The first-order valence-corrected chi connectivity index (χ1v) is 12.3. The fourth-order valence-corrected chi connectivity index (χ4v) is 4.45. The van der Waals surface area contributed by atoms with Gasteiger partial charge < -0.3 is 34.9 Å². The smallest absolute Gasteiger partial charge is 0.326 e. The first-order chi connectivity index (χ1) is 19.0. The Bertz CT molecular complexity index is 1670. The van der Waals surface area contributed by atoms with Gasteiger partial charge in [0.25, 0.3) is 0 Å². The molecule has 39 heavy (non-hydrogen) atoms. The molecule has 0 aliphatic carbocycles. The van der Waals surface area contributed by atoms with Crippen molar-refractivity contribution >= 4 is 34.3 Å². The molecule has 1 aliphatic heterocycles. The highest BCUT2D eigenvalue weighted by atomic mass is 16.5. The number of H-pyrrole nitrogens is 2. The summed E-state index contributed by atoms with van der Waals surface area (Å²) in [4.78, 5) is 44.8. The summed E-state index contributed by atoms with van der Waals surface area (Å²) in [6.45, 7) is 2.79. The molecule has 13 nitrogen and oxygen atoms in total. The third kappa shape index (κ3) is 5.15. The molecule has 1 saturated heterocycles. The highest BCUT2D eigenvalue weighted by molar-refractivity contribution is 5.99. The number of carbonyl (C=O) groups excluding carboxylic acids is 1. The quantitative estimate of drug-likeness (QED) is 0.225. The number of pyridine rings is 1. The maximum absolute atomic E-state index is 12.4. The van der Waals surface area contributed by atoms with Gasteiger partial charge in [-0.25, -0.2) is 19.6 Å². The van der Waals surface area contributed by atoms with Crippen molar-refractivity contribution in [1.82, 2.24) is 29.5 Å². The molecule has 0 saturated carbocycles. The second kappa shape index (κ2) is 10.3. The van der Waals surface area contributed by atoms with Gasteiger partial charge in [-0.15, -0.1) is 0 Å². The third-order valence-electron chi connectivity index (χ3n) is 6.36. The van der Waals surface area contributed by atoms with Crippen molar-refractivity contribution < 1.29 is 14.6 Å². The number of aromatic nitrogens is 6. The van der Waals surface area contributed by atoms with Gasteiger partial charge in [-0.2, -0.15) is 0 Å². The maximum Gasteiger partial charge on any atom is 0.326 e. The van der Waals surface area contributed by atoms with E-state index in [1.807, 2.05) is 29.0 Å². The van der Waals surface area contributed by atoms with E-state index in [9.17, 15) is 14.7 Å². The molecule has 0 atom stereocenters. The first-order valence-electron chi connectivity index (χ1n) is 12.3. The molecule has 0 spiro atoms. The number of aromatic amines is 2. The molecule has 5 heterocycles. The highest BCUT2D eigenvalue weighted by Crippen LogP contribution is 2.30. The minimum absolute atomic E-state index is 0.208. The SMILES string of the molecule is O=C(Nc1ccncc1)Nc1ccc(-c2nc(N3CCOCC3)c3ccn(Cc4[nH]c(=O)[nH]c4O)c3n2)cc1. The van der Waals surface area contributed by atoms with Crippen LogP contribution in [0.3, 0.4) is 0 Å². The van der Waals surface area contributed by atoms with E-state index < -0.39 is 5.69 Å². The number of imidazole rings is 1. The molecule has 6 rings (SSSR count). The standard InChI is InChI=1S/C26H25N9O4/c36-24-20(30-26(38)33-24)15-35-10-7-19-22(34-11-13-39-14-12-34)31-21(32-23(19)35)16-1-3-17(4-2-16)28-25(37)29-18-5-8-27-9-6-18/h1-10,36H,11-15H2,(H2,30,33,38)(H2,27,28,29,37). The largest absolute Gasteiger partial charge is 0.493 e. The Hall–Kier alpha value is -5.17. The molecular formula is C26H25N9O4. The summed E-state index contributed by atoms with van der Waals surface area (Å²) in [7, 11) is 0. The average molecular weight is 528 g/mol. The normalized spacial score (nSPS) is 13.5. The van der Waals surface area contributed by atoms with Crippen molar-refractivity contribution in [3.05, 3.63) is 77.2 Å². The zero-order valence-electron chi connectivity index (χ0n) is 20.7. The van der Waals surface area contributed by atoms with Crippen LogP contribution in [0, 0.1) is 0 Å². The molecule has 5 aromatic rings. The predicted molar refractivity (Wildman–Crippen MR) is 145 cm³/mol. The first kappa shape index (κ1) is 24.2. The number of rotatable bonds is 6. The average Bonchev–Trinajstić information content (AvgIpc) is 3.51. The Labute approximate surface area is 221 Å².